The highest BCUT2D eigenvalue weighted by molar-refractivity contribution is 7.09. The van der Waals surface area contributed by atoms with Gasteiger partial charge in [-0.25, -0.2) is 4.39 Å². The molecule has 3 nitrogen and oxygen atoms in total. The Hall–Kier alpha value is -2.50. The zero-order valence-electron chi connectivity index (χ0n) is 18.1. The van der Waals surface area contributed by atoms with Gasteiger partial charge in [0.25, 0.3) is 5.91 Å². The van der Waals surface area contributed by atoms with Gasteiger partial charge in [-0.05, 0) is 61.0 Å². The second kappa shape index (κ2) is 9.75. The van der Waals surface area contributed by atoms with E-state index < -0.39 is 0 Å². The fraction of sp³-hybridized carbons (Fsp3) is 0.346. The van der Waals surface area contributed by atoms with E-state index in [1.165, 1.54) is 10.9 Å². The number of benzene rings is 2. The molecule has 4 rings (SSSR count). The van der Waals surface area contributed by atoms with E-state index in [-0.39, 0.29) is 29.6 Å². The van der Waals surface area contributed by atoms with Crippen molar-refractivity contribution in [3.8, 4) is 0 Å². The van der Waals surface area contributed by atoms with Crippen LogP contribution in [0.2, 0.25) is 0 Å². The highest BCUT2D eigenvalue weighted by Crippen LogP contribution is 2.35. The molecule has 1 fully saturated rings. The second-order valence-corrected chi connectivity index (χ2v) is 9.64. The quantitative estimate of drug-likeness (QED) is 0.478. The van der Waals surface area contributed by atoms with Gasteiger partial charge in [-0.1, -0.05) is 36.4 Å². The molecule has 1 amide bonds. The molecule has 1 saturated heterocycles. The number of carbonyl (C=O) groups excluding carboxylic acids is 1. The highest BCUT2D eigenvalue weighted by atomic mass is 32.1. The zero-order chi connectivity index (χ0) is 21.8. The number of hydrogen-bond donors (Lipinski definition) is 0. The van der Waals surface area contributed by atoms with E-state index in [1.807, 2.05) is 41.3 Å². The van der Waals surface area contributed by atoms with Gasteiger partial charge in [0.05, 0.1) is 0 Å². The van der Waals surface area contributed by atoms with Crippen LogP contribution < -0.4 is 0 Å². The van der Waals surface area contributed by atoms with E-state index in [4.69, 9.17) is 0 Å². The maximum Gasteiger partial charge on any atom is 0.254 e. The number of carbonyl (C=O) groups is 1. The number of hydrogen-bond acceptors (Lipinski definition) is 3. The Labute approximate surface area is 188 Å². The molecule has 1 aliphatic rings. The molecule has 0 bridgehead atoms. The lowest BCUT2D eigenvalue weighted by molar-refractivity contribution is 0.0668. The minimum Gasteiger partial charge on any atom is -0.336 e. The second-order valence-electron chi connectivity index (χ2n) is 8.61. The van der Waals surface area contributed by atoms with Crippen LogP contribution in [0.25, 0.3) is 0 Å². The number of likely N-dealkylation sites (tertiary alicyclic amines) is 1. The summed E-state index contributed by atoms with van der Waals surface area (Å²) >= 11 is 1.77. The zero-order valence-corrected chi connectivity index (χ0v) is 18.9. The molecule has 0 saturated carbocycles. The Bertz CT molecular complexity index is 990. The first kappa shape index (κ1) is 21.7. The van der Waals surface area contributed by atoms with Gasteiger partial charge >= 0.3 is 0 Å². The van der Waals surface area contributed by atoms with E-state index in [0.29, 0.717) is 12.1 Å². The van der Waals surface area contributed by atoms with E-state index in [2.05, 4.69) is 36.3 Å². The largest absolute Gasteiger partial charge is 0.336 e. The van der Waals surface area contributed by atoms with E-state index >= 15 is 0 Å². The maximum atomic E-state index is 14.0. The predicted molar refractivity (Wildman–Crippen MR) is 125 cm³/mol. The molecule has 2 heterocycles. The van der Waals surface area contributed by atoms with Crippen LogP contribution in [0.1, 0.15) is 40.6 Å². The lowest BCUT2D eigenvalue weighted by Crippen LogP contribution is -2.42. The van der Waals surface area contributed by atoms with Crippen LogP contribution in [0, 0.1) is 11.7 Å². The third kappa shape index (κ3) is 5.23. The first-order chi connectivity index (χ1) is 15.0. The molecule has 1 aliphatic heterocycles. The van der Waals surface area contributed by atoms with Gasteiger partial charge in [0.15, 0.2) is 0 Å². The first-order valence-corrected chi connectivity index (χ1v) is 11.8. The number of nitrogens with zero attached hydrogens (tertiary/aromatic N) is 2. The molecule has 0 spiro atoms. The molecule has 3 aromatic rings. The van der Waals surface area contributed by atoms with Crippen molar-refractivity contribution in [2.45, 2.75) is 32.4 Å². The van der Waals surface area contributed by atoms with Crippen molar-refractivity contribution in [2.75, 3.05) is 19.6 Å². The van der Waals surface area contributed by atoms with E-state index in [9.17, 15) is 9.18 Å². The van der Waals surface area contributed by atoms with E-state index in [0.717, 1.165) is 25.2 Å². The molecular weight excluding hydrogens is 407 g/mol. The molecule has 2 aromatic carbocycles. The van der Waals surface area contributed by atoms with Gasteiger partial charge < -0.3 is 4.90 Å². The SMILES string of the molecule is CC(C)N(CC1CN(Cc2cccs2)CC1c1cccc(F)c1)C(=O)c1ccccc1. The fourth-order valence-corrected chi connectivity index (χ4v) is 5.29. The Morgan fingerprint density at radius 3 is 2.58 bits per heavy atom. The summed E-state index contributed by atoms with van der Waals surface area (Å²) in [6.45, 7) is 7.45. The van der Waals surface area contributed by atoms with E-state index in [1.54, 1.807) is 23.5 Å². The Morgan fingerprint density at radius 1 is 1.10 bits per heavy atom. The number of rotatable bonds is 7. The van der Waals surface area contributed by atoms with Crippen LogP contribution in [0.5, 0.6) is 0 Å². The third-order valence-corrected chi connectivity index (χ3v) is 6.95. The topological polar surface area (TPSA) is 23.6 Å². The van der Waals surface area contributed by atoms with Gasteiger partial charge in [-0.2, -0.15) is 0 Å². The summed E-state index contributed by atoms with van der Waals surface area (Å²) in [7, 11) is 0. The molecule has 0 N–H and O–H groups in total. The lowest BCUT2D eigenvalue weighted by Gasteiger charge is -2.32. The van der Waals surface area contributed by atoms with Crippen molar-refractivity contribution in [1.29, 1.82) is 0 Å². The first-order valence-electron chi connectivity index (χ1n) is 10.9. The minimum absolute atomic E-state index is 0.0605. The van der Waals surface area contributed by atoms with Crippen molar-refractivity contribution < 1.29 is 9.18 Å². The molecular formula is C26H29FN2OS. The van der Waals surface area contributed by atoms with Crippen LogP contribution >= 0.6 is 11.3 Å². The minimum atomic E-state index is -0.200. The number of thiophene rings is 1. The van der Waals surface area contributed by atoms with Crippen molar-refractivity contribution in [3.05, 3.63) is 93.9 Å². The monoisotopic (exact) mass is 436 g/mol. The summed E-state index contributed by atoms with van der Waals surface area (Å²) in [5, 5.41) is 2.10. The predicted octanol–water partition coefficient (Wildman–Crippen LogP) is 5.65. The molecule has 0 aliphatic carbocycles. The Morgan fingerprint density at radius 2 is 1.90 bits per heavy atom. The average Bonchev–Trinajstić information content (AvgIpc) is 3.42. The fourth-order valence-electron chi connectivity index (χ4n) is 4.54. The highest BCUT2D eigenvalue weighted by Gasteiger charge is 2.36. The molecule has 31 heavy (non-hydrogen) atoms. The summed E-state index contributed by atoms with van der Waals surface area (Å²) in [5.41, 5.74) is 1.74. The standard InChI is InChI=1S/C26H29FN2OS/c1-19(2)29(26(30)20-8-4-3-5-9-20)16-22-15-28(17-24-12-7-13-31-24)18-25(22)21-10-6-11-23(27)14-21/h3-14,19,22,25H,15-18H2,1-2H3. The molecule has 2 unspecified atom stereocenters. The molecule has 5 heteroatoms. The van der Waals surface area contributed by atoms with Crippen LogP contribution in [0.3, 0.4) is 0 Å². The summed E-state index contributed by atoms with van der Waals surface area (Å²) in [6.07, 6.45) is 0. The maximum absolute atomic E-state index is 14.0. The summed E-state index contributed by atoms with van der Waals surface area (Å²) in [6, 6.07) is 20.8. The smallest absolute Gasteiger partial charge is 0.254 e. The Balaban J connectivity index is 1.58. The van der Waals surface area contributed by atoms with Crippen LogP contribution in [0.15, 0.2) is 72.1 Å². The summed E-state index contributed by atoms with van der Waals surface area (Å²) in [4.78, 5) is 19.0. The van der Waals surface area contributed by atoms with Gasteiger partial charge in [0.2, 0.25) is 0 Å². The number of amides is 1. The van der Waals surface area contributed by atoms with Crippen molar-refractivity contribution in [3.63, 3.8) is 0 Å². The molecule has 162 valence electrons. The molecule has 0 radical (unpaired) electrons. The van der Waals surface area contributed by atoms with Crippen molar-refractivity contribution in [2.24, 2.45) is 5.92 Å². The average molecular weight is 437 g/mol. The van der Waals surface area contributed by atoms with Crippen molar-refractivity contribution >= 4 is 17.2 Å². The van der Waals surface area contributed by atoms with Crippen LogP contribution in [-0.4, -0.2) is 41.4 Å². The number of halogens is 1. The normalized spacial score (nSPS) is 19.1. The van der Waals surface area contributed by atoms with Crippen molar-refractivity contribution in [1.82, 2.24) is 9.80 Å². The summed E-state index contributed by atoms with van der Waals surface area (Å²) in [5.74, 6) is 0.302. The molecule has 1 aromatic heterocycles. The van der Waals surface area contributed by atoms with Crippen LogP contribution in [-0.2, 0) is 6.54 Å². The summed E-state index contributed by atoms with van der Waals surface area (Å²) < 4.78 is 14.0. The third-order valence-electron chi connectivity index (χ3n) is 6.09. The Kier molecular flexibility index (Phi) is 6.83. The van der Waals surface area contributed by atoms with Crippen LogP contribution in [0.4, 0.5) is 4.39 Å². The van der Waals surface area contributed by atoms with Gasteiger partial charge in [-0.15, -0.1) is 11.3 Å². The molecule has 2 atom stereocenters. The lowest BCUT2D eigenvalue weighted by atomic mass is 9.88. The van der Waals surface area contributed by atoms with Gasteiger partial charge in [0, 0.05) is 48.6 Å². The van der Waals surface area contributed by atoms with Gasteiger partial charge in [0.1, 0.15) is 5.82 Å². The van der Waals surface area contributed by atoms with Gasteiger partial charge in [-0.3, -0.25) is 9.69 Å².